The van der Waals surface area contributed by atoms with Gasteiger partial charge in [-0.1, -0.05) is 17.7 Å². The highest BCUT2D eigenvalue weighted by Gasteiger charge is 2.37. The van der Waals surface area contributed by atoms with E-state index in [1.807, 2.05) is 6.07 Å². The molecule has 0 spiro atoms. The lowest BCUT2D eigenvalue weighted by atomic mass is 9.71. The molecule has 0 bridgehead atoms. The zero-order valence-electron chi connectivity index (χ0n) is 21.4. The van der Waals surface area contributed by atoms with E-state index in [1.54, 1.807) is 19.2 Å². The minimum Gasteiger partial charge on any atom is -0.497 e. The molecule has 6 nitrogen and oxygen atoms in total. The zero-order chi connectivity index (χ0) is 27.3. The molecule has 1 aromatic heterocycles. The van der Waals surface area contributed by atoms with Crippen LogP contribution in [0.25, 0.3) is 10.9 Å². The van der Waals surface area contributed by atoms with Crippen LogP contribution >= 0.6 is 11.6 Å². The molecular weight excluding hydrogens is 514 g/mol. The van der Waals surface area contributed by atoms with Gasteiger partial charge in [0.2, 0.25) is 0 Å². The van der Waals surface area contributed by atoms with Gasteiger partial charge in [0.25, 0.3) is 0 Å². The molecule has 38 heavy (non-hydrogen) atoms. The summed E-state index contributed by atoms with van der Waals surface area (Å²) in [5, 5.41) is 21.9. The molecule has 0 saturated carbocycles. The number of fused-ring (bicyclic) bond motifs is 1. The van der Waals surface area contributed by atoms with Gasteiger partial charge in [-0.25, -0.2) is 8.78 Å². The first-order chi connectivity index (χ1) is 18.2. The normalized spacial score (nSPS) is 16.4. The quantitative estimate of drug-likeness (QED) is 0.299. The van der Waals surface area contributed by atoms with Crippen molar-refractivity contribution >= 4 is 28.5 Å². The number of pyridine rings is 1. The first-order valence-electron chi connectivity index (χ1n) is 12.9. The molecule has 3 aromatic rings. The fraction of sp³-hybridized carbons (Fsp3) is 0.448. The second-order valence-electron chi connectivity index (χ2n) is 10.2. The maximum Gasteiger partial charge on any atom is 0.303 e. The molecule has 2 N–H and O–H groups in total. The van der Waals surface area contributed by atoms with Crippen LogP contribution in [-0.4, -0.2) is 52.8 Å². The van der Waals surface area contributed by atoms with Crippen LogP contribution in [0.4, 0.5) is 8.78 Å². The molecule has 1 unspecified atom stereocenters. The van der Waals surface area contributed by atoms with Gasteiger partial charge in [-0.3, -0.25) is 9.78 Å². The van der Waals surface area contributed by atoms with Gasteiger partial charge in [0, 0.05) is 22.7 Å². The van der Waals surface area contributed by atoms with Crippen molar-refractivity contribution in [3.05, 3.63) is 70.4 Å². The fourth-order valence-electron chi connectivity index (χ4n) is 5.56. The topological polar surface area (TPSA) is 82.9 Å². The Morgan fingerprint density at radius 3 is 2.58 bits per heavy atom. The SMILES string of the molecule is COc1ccc2ncc(Cl)c(C(O)CCC3(CC(=O)O)CCN(CCCc4c(F)cccc4F)CC3)c2c1. The summed E-state index contributed by atoms with van der Waals surface area (Å²) in [6, 6.07) is 9.30. The molecule has 2 aromatic carbocycles. The first kappa shape index (κ1) is 28.2. The molecule has 1 fully saturated rings. The van der Waals surface area contributed by atoms with Crippen LogP contribution in [0.3, 0.4) is 0 Å². The van der Waals surface area contributed by atoms with Crippen molar-refractivity contribution in [3.8, 4) is 5.75 Å². The summed E-state index contributed by atoms with van der Waals surface area (Å²) >= 11 is 6.45. The Morgan fingerprint density at radius 2 is 1.92 bits per heavy atom. The number of methoxy groups -OCH3 is 1. The van der Waals surface area contributed by atoms with Crippen LogP contribution in [0.1, 0.15) is 55.8 Å². The molecule has 1 saturated heterocycles. The Kier molecular flexibility index (Phi) is 9.18. The number of halogens is 3. The number of carbonyl (C=O) groups is 1. The van der Waals surface area contributed by atoms with Gasteiger partial charge < -0.3 is 19.8 Å². The maximum atomic E-state index is 13.9. The van der Waals surface area contributed by atoms with Crippen molar-refractivity contribution in [2.45, 2.75) is 51.0 Å². The molecule has 0 radical (unpaired) electrons. The Morgan fingerprint density at radius 1 is 1.21 bits per heavy atom. The third-order valence-electron chi connectivity index (χ3n) is 7.76. The van der Waals surface area contributed by atoms with E-state index in [2.05, 4.69) is 9.88 Å². The lowest BCUT2D eigenvalue weighted by molar-refractivity contribution is -0.141. The van der Waals surface area contributed by atoms with Crippen molar-refractivity contribution in [1.29, 1.82) is 0 Å². The second-order valence-corrected chi connectivity index (χ2v) is 10.6. The number of likely N-dealkylation sites (tertiary alicyclic amines) is 1. The number of nitrogens with zero attached hydrogens (tertiary/aromatic N) is 2. The lowest BCUT2D eigenvalue weighted by Gasteiger charge is -2.41. The Labute approximate surface area is 226 Å². The Hall–Kier alpha value is -2.81. The van der Waals surface area contributed by atoms with E-state index in [0.29, 0.717) is 85.4 Å². The van der Waals surface area contributed by atoms with E-state index in [-0.39, 0.29) is 12.0 Å². The highest BCUT2D eigenvalue weighted by molar-refractivity contribution is 6.32. The summed E-state index contributed by atoms with van der Waals surface area (Å²) in [6.07, 6.45) is 3.79. The molecule has 2 heterocycles. The van der Waals surface area contributed by atoms with Crippen molar-refractivity contribution in [1.82, 2.24) is 9.88 Å². The number of aliphatic carboxylic acids is 1. The van der Waals surface area contributed by atoms with E-state index < -0.39 is 29.1 Å². The number of aliphatic hydroxyl groups is 1. The third-order valence-corrected chi connectivity index (χ3v) is 8.06. The predicted octanol–water partition coefficient (Wildman–Crippen LogP) is 6.18. The van der Waals surface area contributed by atoms with Gasteiger partial charge in [-0.2, -0.15) is 0 Å². The second kappa shape index (κ2) is 12.4. The van der Waals surface area contributed by atoms with Gasteiger partial charge in [-0.15, -0.1) is 0 Å². The highest BCUT2D eigenvalue weighted by Crippen LogP contribution is 2.43. The van der Waals surface area contributed by atoms with Gasteiger partial charge in [0.1, 0.15) is 17.4 Å². The summed E-state index contributed by atoms with van der Waals surface area (Å²) in [7, 11) is 1.56. The van der Waals surface area contributed by atoms with Gasteiger partial charge in [0.05, 0.1) is 30.2 Å². The Bertz CT molecular complexity index is 1260. The number of carboxylic acids is 1. The van der Waals surface area contributed by atoms with E-state index >= 15 is 0 Å². The molecule has 9 heteroatoms. The molecule has 1 atom stereocenters. The number of aliphatic hydroxyl groups excluding tert-OH is 1. The van der Waals surface area contributed by atoms with Gasteiger partial charge in [0.15, 0.2) is 0 Å². The molecule has 204 valence electrons. The predicted molar refractivity (Wildman–Crippen MR) is 143 cm³/mol. The summed E-state index contributed by atoms with van der Waals surface area (Å²) < 4.78 is 33.2. The minimum absolute atomic E-state index is 0.0205. The van der Waals surface area contributed by atoms with Crippen molar-refractivity contribution in [2.75, 3.05) is 26.7 Å². The number of benzene rings is 2. The summed E-state index contributed by atoms with van der Waals surface area (Å²) in [5.74, 6) is -1.28. The van der Waals surface area contributed by atoms with E-state index in [9.17, 15) is 23.8 Å². The van der Waals surface area contributed by atoms with Crippen LogP contribution in [0.5, 0.6) is 5.75 Å². The summed E-state index contributed by atoms with van der Waals surface area (Å²) in [4.78, 5) is 18.3. The van der Waals surface area contributed by atoms with Crippen LogP contribution in [-0.2, 0) is 11.2 Å². The minimum atomic E-state index is -0.889. The fourth-order valence-corrected chi connectivity index (χ4v) is 5.83. The monoisotopic (exact) mass is 546 g/mol. The summed E-state index contributed by atoms with van der Waals surface area (Å²) in [6.45, 7) is 2.07. The van der Waals surface area contributed by atoms with Gasteiger partial charge in [-0.05, 0) is 93.9 Å². The van der Waals surface area contributed by atoms with Crippen LogP contribution in [0, 0.1) is 17.0 Å². The number of aromatic nitrogens is 1. The van der Waals surface area contributed by atoms with Crippen molar-refractivity contribution in [3.63, 3.8) is 0 Å². The Balaban J connectivity index is 1.39. The zero-order valence-corrected chi connectivity index (χ0v) is 22.2. The highest BCUT2D eigenvalue weighted by atomic mass is 35.5. The number of hydrogen-bond acceptors (Lipinski definition) is 5. The maximum absolute atomic E-state index is 13.9. The molecule has 0 amide bonds. The van der Waals surface area contributed by atoms with Crippen LogP contribution in [0.15, 0.2) is 42.6 Å². The van der Waals surface area contributed by atoms with Crippen LogP contribution in [0.2, 0.25) is 5.02 Å². The van der Waals surface area contributed by atoms with Crippen molar-refractivity contribution < 1.29 is 28.5 Å². The lowest BCUT2D eigenvalue weighted by Crippen LogP contribution is -2.41. The molecule has 1 aliphatic rings. The van der Waals surface area contributed by atoms with Crippen LogP contribution < -0.4 is 4.74 Å². The number of ether oxygens (including phenoxy) is 1. The summed E-state index contributed by atoms with van der Waals surface area (Å²) in [5.41, 5.74) is 0.916. The molecule has 0 aliphatic carbocycles. The third kappa shape index (κ3) is 6.60. The number of hydrogen-bond donors (Lipinski definition) is 2. The largest absolute Gasteiger partial charge is 0.497 e. The van der Waals surface area contributed by atoms with E-state index in [1.165, 1.54) is 24.4 Å². The molecule has 4 rings (SSSR count). The number of piperidine rings is 1. The smallest absolute Gasteiger partial charge is 0.303 e. The molecule has 1 aliphatic heterocycles. The van der Waals surface area contributed by atoms with Crippen molar-refractivity contribution in [2.24, 2.45) is 5.41 Å². The number of carboxylic acid groups (broad SMARTS) is 1. The molecular formula is C29H33ClF2N2O4. The standard InChI is InChI=1S/C29H33ClF2N2O4/c1-38-19-7-8-25-21(16-19)28(22(30)18-33-25)26(35)9-10-29(17-27(36)37)11-14-34(15-12-29)13-3-4-20-23(31)5-2-6-24(20)32/h2,5-8,16,18,26,35H,3-4,9-15,17H2,1H3,(H,36,37). The van der Waals surface area contributed by atoms with E-state index in [4.69, 9.17) is 16.3 Å². The number of rotatable bonds is 11. The van der Waals surface area contributed by atoms with Gasteiger partial charge >= 0.3 is 5.97 Å². The average Bonchev–Trinajstić information content (AvgIpc) is 2.89. The average molecular weight is 547 g/mol. The first-order valence-corrected chi connectivity index (χ1v) is 13.3. The van der Waals surface area contributed by atoms with E-state index in [0.717, 1.165) is 0 Å².